The van der Waals surface area contributed by atoms with Crippen LogP contribution in [0.2, 0.25) is 0 Å². The van der Waals surface area contributed by atoms with Crippen LogP contribution in [-0.4, -0.2) is 0 Å². The Kier molecular flexibility index (Phi) is 8.07. The summed E-state index contributed by atoms with van der Waals surface area (Å²) >= 11 is 0. The first-order valence-electron chi connectivity index (χ1n) is 18.2. The molecule has 51 heavy (non-hydrogen) atoms. The maximum atomic E-state index is 2.51. The Morgan fingerprint density at radius 1 is 0.412 bits per heavy atom. The molecule has 0 saturated heterocycles. The van der Waals surface area contributed by atoms with Crippen molar-refractivity contribution in [2.45, 2.75) is 61.3 Å². The third kappa shape index (κ3) is 5.42. The molecule has 8 aromatic rings. The van der Waals surface area contributed by atoms with Crippen LogP contribution in [0.1, 0.15) is 58.7 Å². The second-order valence-corrected chi connectivity index (χ2v) is 14.8. The van der Waals surface area contributed by atoms with Gasteiger partial charge in [0.15, 0.2) is 0 Å². The van der Waals surface area contributed by atoms with Gasteiger partial charge >= 0.3 is 0 Å². The van der Waals surface area contributed by atoms with Crippen molar-refractivity contribution >= 4 is 66.4 Å². The second kappa shape index (κ2) is 12.6. The minimum atomic E-state index is 0.337. The van der Waals surface area contributed by atoms with Crippen LogP contribution in [0.4, 0.5) is 34.1 Å². The van der Waals surface area contributed by atoms with Crippen LogP contribution >= 0.6 is 0 Å². The standard InChI is InChI=1S/C49H46N2/c1-30(2)43-29-45(51(39-23-17-32(4)18-24-39)49-35(7)13-10-14-36(49)8)42-25-19-37-20-28-44(41-27-26-40(43)47(42)46(37)41)50(38-21-15-31(3)16-22-38)48-33(5)11-9-12-34(48)6/h9-30H,1-8H3. The zero-order valence-corrected chi connectivity index (χ0v) is 31.1. The number of para-hydroxylation sites is 2. The quantitative estimate of drug-likeness (QED) is 0.157. The summed E-state index contributed by atoms with van der Waals surface area (Å²) in [6, 6.07) is 47.8. The molecule has 8 rings (SSSR count). The van der Waals surface area contributed by atoms with E-state index in [1.54, 1.807) is 0 Å². The van der Waals surface area contributed by atoms with Crippen LogP contribution in [0, 0.1) is 41.5 Å². The molecular weight excluding hydrogens is 617 g/mol. The molecule has 0 aromatic heterocycles. The molecule has 0 fully saturated rings. The molecule has 0 heterocycles. The molecule has 0 radical (unpaired) electrons. The van der Waals surface area contributed by atoms with Gasteiger partial charge < -0.3 is 9.80 Å². The van der Waals surface area contributed by atoms with Crippen molar-refractivity contribution in [3.05, 3.63) is 166 Å². The van der Waals surface area contributed by atoms with Gasteiger partial charge in [-0.05, 0) is 133 Å². The Hall–Kier alpha value is -5.60. The molecule has 0 spiro atoms. The highest BCUT2D eigenvalue weighted by atomic mass is 15.2. The van der Waals surface area contributed by atoms with Crippen LogP contribution in [0.15, 0.2) is 127 Å². The van der Waals surface area contributed by atoms with Crippen molar-refractivity contribution in [2.75, 3.05) is 9.80 Å². The van der Waals surface area contributed by atoms with Crippen molar-refractivity contribution in [1.29, 1.82) is 0 Å². The minimum Gasteiger partial charge on any atom is -0.309 e. The number of rotatable bonds is 7. The van der Waals surface area contributed by atoms with Gasteiger partial charge in [0.1, 0.15) is 0 Å². The predicted octanol–water partition coefficient (Wildman–Crippen LogP) is 14.5. The van der Waals surface area contributed by atoms with Gasteiger partial charge in [-0.15, -0.1) is 0 Å². The lowest BCUT2D eigenvalue weighted by atomic mass is 9.86. The van der Waals surface area contributed by atoms with Gasteiger partial charge in [-0.1, -0.05) is 116 Å². The molecule has 0 aliphatic rings. The van der Waals surface area contributed by atoms with Crippen LogP contribution < -0.4 is 9.80 Å². The summed E-state index contributed by atoms with van der Waals surface area (Å²) < 4.78 is 0. The molecule has 8 aromatic carbocycles. The first-order chi connectivity index (χ1) is 24.6. The molecule has 252 valence electrons. The molecule has 2 heteroatoms. The molecule has 0 unspecified atom stereocenters. The number of anilines is 6. The van der Waals surface area contributed by atoms with Crippen LogP contribution in [0.25, 0.3) is 32.3 Å². The van der Waals surface area contributed by atoms with E-state index in [1.807, 2.05) is 0 Å². The lowest BCUT2D eigenvalue weighted by molar-refractivity contribution is 0.876. The summed E-state index contributed by atoms with van der Waals surface area (Å²) in [5.74, 6) is 0.337. The van der Waals surface area contributed by atoms with E-state index in [0.717, 1.165) is 5.69 Å². The van der Waals surface area contributed by atoms with E-state index in [2.05, 4.69) is 193 Å². The van der Waals surface area contributed by atoms with Gasteiger partial charge in [-0.3, -0.25) is 0 Å². The zero-order chi connectivity index (χ0) is 35.6. The number of aryl methyl sites for hydroxylation is 6. The number of hydrogen-bond acceptors (Lipinski definition) is 2. The summed E-state index contributed by atoms with van der Waals surface area (Å²) in [5.41, 5.74) is 16.1. The molecule has 0 bridgehead atoms. The van der Waals surface area contributed by atoms with Crippen LogP contribution in [0.5, 0.6) is 0 Å². The smallest absolute Gasteiger partial charge is 0.0543 e. The molecule has 0 aliphatic carbocycles. The normalized spacial score (nSPS) is 11.7. The van der Waals surface area contributed by atoms with Gasteiger partial charge in [0.2, 0.25) is 0 Å². The van der Waals surface area contributed by atoms with E-state index >= 15 is 0 Å². The highest BCUT2D eigenvalue weighted by Crippen LogP contribution is 2.50. The average molecular weight is 663 g/mol. The first-order valence-corrected chi connectivity index (χ1v) is 18.2. The van der Waals surface area contributed by atoms with Gasteiger partial charge in [0.25, 0.3) is 0 Å². The maximum absolute atomic E-state index is 2.51. The Morgan fingerprint density at radius 2 is 0.843 bits per heavy atom. The molecule has 0 N–H and O–H groups in total. The lowest BCUT2D eigenvalue weighted by Gasteiger charge is -2.32. The average Bonchev–Trinajstić information content (AvgIpc) is 3.11. The zero-order valence-electron chi connectivity index (χ0n) is 31.1. The molecular formula is C49H46N2. The Balaban J connectivity index is 1.49. The molecule has 0 amide bonds. The highest BCUT2D eigenvalue weighted by Gasteiger charge is 2.26. The van der Waals surface area contributed by atoms with Crippen LogP contribution in [0.3, 0.4) is 0 Å². The number of nitrogens with zero attached hydrogens (tertiary/aromatic N) is 2. The summed E-state index contributed by atoms with van der Waals surface area (Å²) in [5, 5.41) is 7.77. The fraction of sp³-hybridized carbons (Fsp3) is 0.184. The van der Waals surface area contributed by atoms with E-state index in [0.29, 0.717) is 5.92 Å². The van der Waals surface area contributed by atoms with Crippen molar-refractivity contribution in [3.63, 3.8) is 0 Å². The van der Waals surface area contributed by atoms with E-state index in [1.165, 1.54) is 99.7 Å². The summed E-state index contributed by atoms with van der Waals surface area (Å²) in [6.07, 6.45) is 0. The topological polar surface area (TPSA) is 6.48 Å². The van der Waals surface area contributed by atoms with Crippen molar-refractivity contribution in [1.82, 2.24) is 0 Å². The van der Waals surface area contributed by atoms with Gasteiger partial charge in [0, 0.05) is 22.1 Å². The molecule has 0 aliphatic heterocycles. The van der Waals surface area contributed by atoms with E-state index in [-0.39, 0.29) is 0 Å². The third-order valence-corrected chi connectivity index (χ3v) is 10.8. The monoisotopic (exact) mass is 662 g/mol. The van der Waals surface area contributed by atoms with Crippen molar-refractivity contribution < 1.29 is 0 Å². The predicted molar refractivity (Wildman–Crippen MR) is 222 cm³/mol. The number of benzene rings is 8. The van der Waals surface area contributed by atoms with Gasteiger partial charge in [-0.2, -0.15) is 0 Å². The first kappa shape index (κ1) is 32.6. The molecule has 0 atom stereocenters. The fourth-order valence-electron chi connectivity index (χ4n) is 8.23. The second-order valence-electron chi connectivity index (χ2n) is 14.8. The van der Waals surface area contributed by atoms with Crippen LogP contribution in [-0.2, 0) is 0 Å². The summed E-state index contributed by atoms with van der Waals surface area (Å²) in [7, 11) is 0. The van der Waals surface area contributed by atoms with E-state index in [4.69, 9.17) is 0 Å². The van der Waals surface area contributed by atoms with E-state index < -0.39 is 0 Å². The van der Waals surface area contributed by atoms with Gasteiger partial charge in [0.05, 0.1) is 22.7 Å². The lowest BCUT2D eigenvalue weighted by Crippen LogP contribution is -2.15. The van der Waals surface area contributed by atoms with Crippen molar-refractivity contribution in [2.24, 2.45) is 0 Å². The summed E-state index contributed by atoms with van der Waals surface area (Å²) in [4.78, 5) is 4.99. The van der Waals surface area contributed by atoms with E-state index in [9.17, 15) is 0 Å². The molecule has 0 saturated carbocycles. The highest BCUT2D eigenvalue weighted by molar-refractivity contribution is 6.29. The largest absolute Gasteiger partial charge is 0.309 e. The molecule has 2 nitrogen and oxygen atoms in total. The Labute approximate surface area is 302 Å². The minimum absolute atomic E-state index is 0.337. The van der Waals surface area contributed by atoms with Gasteiger partial charge in [-0.25, -0.2) is 0 Å². The SMILES string of the molecule is Cc1ccc(N(c2c(C)cccc2C)c2ccc3ccc4c(N(c5ccc(C)cc5)c5c(C)cccc5C)cc(C(C)C)c5ccc2c3c54)cc1. The maximum Gasteiger partial charge on any atom is 0.0543 e. The van der Waals surface area contributed by atoms with Crippen molar-refractivity contribution in [3.8, 4) is 0 Å². The third-order valence-electron chi connectivity index (χ3n) is 10.8. The Bertz CT molecular complexity index is 2520. The fourth-order valence-corrected chi connectivity index (χ4v) is 8.23. The Morgan fingerprint density at radius 3 is 1.35 bits per heavy atom. The number of hydrogen-bond donors (Lipinski definition) is 0. The summed E-state index contributed by atoms with van der Waals surface area (Å²) in [6.45, 7) is 17.9.